The second kappa shape index (κ2) is 8.74. The summed E-state index contributed by atoms with van der Waals surface area (Å²) in [6.07, 6.45) is 3.27. The largest absolute Gasteiger partial charge is 0.350 e. The van der Waals surface area contributed by atoms with Crippen molar-refractivity contribution in [2.24, 2.45) is 0 Å². The molecular weight excluding hydrogens is 305 g/mol. The van der Waals surface area contributed by atoms with Crippen LogP contribution < -0.4 is 10.6 Å². The molecule has 1 aliphatic rings. The summed E-state index contributed by atoms with van der Waals surface area (Å²) in [5, 5.41) is 7.30. The van der Waals surface area contributed by atoms with Gasteiger partial charge >= 0.3 is 0 Å². The van der Waals surface area contributed by atoms with Gasteiger partial charge in [-0.05, 0) is 33.2 Å². The van der Waals surface area contributed by atoms with E-state index in [1.807, 2.05) is 13.8 Å². The summed E-state index contributed by atoms with van der Waals surface area (Å²) in [5.41, 5.74) is 1.03. The third-order valence-corrected chi connectivity index (χ3v) is 4.12. The van der Waals surface area contributed by atoms with Gasteiger partial charge in [-0.3, -0.25) is 4.79 Å². The number of aryl methyl sites for hydroxylation is 2. The monoisotopic (exact) mass is 325 g/mol. The van der Waals surface area contributed by atoms with Crippen molar-refractivity contribution in [1.29, 1.82) is 0 Å². The summed E-state index contributed by atoms with van der Waals surface area (Å²) in [6, 6.07) is -0.00178. The fourth-order valence-corrected chi connectivity index (χ4v) is 2.98. The number of aromatic nitrogens is 1. The third kappa shape index (κ3) is 5.26. The summed E-state index contributed by atoms with van der Waals surface area (Å²) in [5.74, 6) is 0.121. The van der Waals surface area contributed by atoms with Crippen molar-refractivity contribution in [1.82, 2.24) is 15.6 Å². The smallest absolute Gasteiger partial charge is 0.237 e. The highest BCUT2D eigenvalue weighted by Crippen LogP contribution is 2.16. The molecule has 0 aliphatic carbocycles. The van der Waals surface area contributed by atoms with Gasteiger partial charge in [-0.25, -0.2) is 4.98 Å². The minimum absolute atomic E-state index is 0. The van der Waals surface area contributed by atoms with Crippen molar-refractivity contribution in [3.63, 3.8) is 0 Å². The zero-order chi connectivity index (χ0) is 12.3. The molecule has 2 heterocycles. The molecule has 0 saturated carbocycles. The van der Waals surface area contributed by atoms with E-state index < -0.39 is 0 Å². The van der Waals surface area contributed by atoms with Crippen LogP contribution in [-0.2, 0) is 11.3 Å². The molecule has 1 unspecified atom stereocenters. The molecule has 1 atom stereocenters. The zero-order valence-electron chi connectivity index (χ0n) is 11.2. The van der Waals surface area contributed by atoms with E-state index in [2.05, 4.69) is 15.6 Å². The van der Waals surface area contributed by atoms with Crippen LogP contribution >= 0.6 is 36.2 Å². The van der Waals surface area contributed by atoms with Crippen LogP contribution in [0.3, 0.4) is 0 Å². The van der Waals surface area contributed by atoms with Gasteiger partial charge in [-0.1, -0.05) is 6.42 Å². The molecular formula is C12H21Cl2N3OS. The molecule has 0 spiro atoms. The lowest BCUT2D eigenvalue weighted by Crippen LogP contribution is -2.46. The van der Waals surface area contributed by atoms with Crippen molar-refractivity contribution >= 4 is 42.1 Å². The molecule has 0 aromatic carbocycles. The standard InChI is InChI=1S/C12H19N3OS.2ClH/c1-8-11(17-9(2)15-8)7-14-12(16)10-5-3-4-6-13-10;;/h10,13H,3-7H2,1-2H3,(H,14,16);2*1H. The average molecular weight is 326 g/mol. The number of piperidine rings is 1. The summed E-state index contributed by atoms with van der Waals surface area (Å²) >= 11 is 1.66. The number of halogens is 2. The van der Waals surface area contributed by atoms with E-state index in [9.17, 15) is 4.79 Å². The van der Waals surface area contributed by atoms with Gasteiger partial charge in [0.2, 0.25) is 5.91 Å². The molecule has 2 N–H and O–H groups in total. The van der Waals surface area contributed by atoms with Gasteiger partial charge in [-0.15, -0.1) is 36.2 Å². The molecule has 1 aliphatic heterocycles. The molecule has 1 aromatic heterocycles. The lowest BCUT2D eigenvalue weighted by Gasteiger charge is -2.22. The number of nitrogens with zero attached hydrogens (tertiary/aromatic N) is 1. The molecule has 4 nitrogen and oxygen atoms in total. The normalized spacial score (nSPS) is 18.1. The van der Waals surface area contributed by atoms with Crippen LogP contribution in [0, 0.1) is 13.8 Å². The maximum Gasteiger partial charge on any atom is 0.237 e. The highest BCUT2D eigenvalue weighted by atomic mass is 35.5. The van der Waals surface area contributed by atoms with Crippen LogP contribution in [0.4, 0.5) is 0 Å². The summed E-state index contributed by atoms with van der Waals surface area (Å²) < 4.78 is 0. The topological polar surface area (TPSA) is 54.0 Å². The molecule has 0 bridgehead atoms. The fraction of sp³-hybridized carbons (Fsp3) is 0.667. The maximum absolute atomic E-state index is 11.9. The number of carbonyl (C=O) groups is 1. The number of nitrogens with one attached hydrogen (secondary N) is 2. The van der Waals surface area contributed by atoms with E-state index in [4.69, 9.17) is 0 Å². The Labute approximate surface area is 130 Å². The van der Waals surface area contributed by atoms with Gasteiger partial charge in [-0.2, -0.15) is 0 Å². The van der Waals surface area contributed by atoms with E-state index in [-0.39, 0.29) is 36.8 Å². The molecule has 0 radical (unpaired) electrons. The van der Waals surface area contributed by atoms with Gasteiger partial charge in [0, 0.05) is 4.88 Å². The Balaban J connectivity index is 0.00000162. The number of rotatable bonds is 3. The van der Waals surface area contributed by atoms with Gasteiger partial charge in [0.15, 0.2) is 0 Å². The number of hydrogen-bond donors (Lipinski definition) is 2. The lowest BCUT2D eigenvalue weighted by atomic mass is 10.0. The minimum Gasteiger partial charge on any atom is -0.350 e. The highest BCUT2D eigenvalue weighted by Gasteiger charge is 2.20. The van der Waals surface area contributed by atoms with Crippen molar-refractivity contribution in [3.05, 3.63) is 15.6 Å². The zero-order valence-corrected chi connectivity index (χ0v) is 13.6. The van der Waals surface area contributed by atoms with E-state index >= 15 is 0 Å². The average Bonchev–Trinajstić information content (AvgIpc) is 2.66. The number of amides is 1. The quantitative estimate of drug-likeness (QED) is 0.897. The SMILES string of the molecule is Cc1nc(C)c(CNC(=O)C2CCCCN2)s1.Cl.Cl. The fourth-order valence-electron chi connectivity index (χ4n) is 2.10. The van der Waals surface area contributed by atoms with Crippen molar-refractivity contribution < 1.29 is 4.79 Å². The number of carbonyl (C=O) groups excluding carboxylic acids is 1. The van der Waals surface area contributed by atoms with Gasteiger partial charge in [0.05, 0.1) is 23.3 Å². The summed E-state index contributed by atoms with van der Waals surface area (Å²) in [4.78, 5) is 17.4. The van der Waals surface area contributed by atoms with Crippen LogP contribution in [0.2, 0.25) is 0 Å². The van der Waals surface area contributed by atoms with Crippen molar-refractivity contribution in [2.75, 3.05) is 6.54 Å². The van der Waals surface area contributed by atoms with Crippen LogP contribution in [0.25, 0.3) is 0 Å². The van der Waals surface area contributed by atoms with Crippen LogP contribution in [0.1, 0.15) is 34.8 Å². The summed E-state index contributed by atoms with van der Waals surface area (Å²) in [6.45, 7) is 5.54. The van der Waals surface area contributed by atoms with E-state index in [0.29, 0.717) is 6.54 Å². The minimum atomic E-state index is -0.00178. The Kier molecular flexibility index (Phi) is 8.57. The van der Waals surface area contributed by atoms with Crippen LogP contribution in [0.5, 0.6) is 0 Å². The second-order valence-corrected chi connectivity index (χ2v) is 5.75. The van der Waals surface area contributed by atoms with Gasteiger partial charge in [0.1, 0.15) is 0 Å². The second-order valence-electron chi connectivity index (χ2n) is 4.46. The summed E-state index contributed by atoms with van der Waals surface area (Å²) in [7, 11) is 0. The van der Waals surface area contributed by atoms with E-state index in [0.717, 1.165) is 35.0 Å². The lowest BCUT2D eigenvalue weighted by molar-refractivity contribution is -0.123. The molecule has 2 rings (SSSR count). The van der Waals surface area contributed by atoms with Crippen molar-refractivity contribution in [2.45, 2.75) is 45.7 Å². The number of thiazole rings is 1. The predicted molar refractivity (Wildman–Crippen MR) is 83.6 cm³/mol. The van der Waals surface area contributed by atoms with E-state index in [1.165, 1.54) is 6.42 Å². The molecule has 1 amide bonds. The third-order valence-electron chi connectivity index (χ3n) is 3.05. The Bertz CT molecular complexity index is 406. The Morgan fingerprint density at radius 2 is 2.16 bits per heavy atom. The molecule has 1 aromatic rings. The van der Waals surface area contributed by atoms with Crippen LogP contribution in [0.15, 0.2) is 0 Å². The predicted octanol–water partition coefficient (Wildman–Crippen LogP) is 2.36. The van der Waals surface area contributed by atoms with Gasteiger partial charge in [0.25, 0.3) is 0 Å². The first kappa shape index (κ1) is 18.6. The Hall–Kier alpha value is -0.360. The first-order valence-electron chi connectivity index (χ1n) is 6.11. The first-order chi connectivity index (χ1) is 8.16. The highest BCUT2D eigenvalue weighted by molar-refractivity contribution is 7.11. The Morgan fingerprint density at radius 3 is 2.68 bits per heavy atom. The molecule has 110 valence electrons. The number of hydrogen-bond acceptors (Lipinski definition) is 4. The van der Waals surface area contributed by atoms with Crippen LogP contribution in [-0.4, -0.2) is 23.5 Å². The molecule has 1 saturated heterocycles. The molecule has 7 heteroatoms. The van der Waals surface area contributed by atoms with E-state index in [1.54, 1.807) is 11.3 Å². The first-order valence-corrected chi connectivity index (χ1v) is 6.92. The molecule has 19 heavy (non-hydrogen) atoms. The van der Waals surface area contributed by atoms with Crippen molar-refractivity contribution in [3.8, 4) is 0 Å². The molecule has 1 fully saturated rings. The van der Waals surface area contributed by atoms with Gasteiger partial charge < -0.3 is 10.6 Å². The maximum atomic E-state index is 11.9. The Morgan fingerprint density at radius 1 is 1.42 bits per heavy atom.